The van der Waals surface area contributed by atoms with Gasteiger partial charge in [-0.1, -0.05) is 61.8 Å². The molecule has 2 heterocycles. The first-order valence-corrected chi connectivity index (χ1v) is 12.5. The number of aryl methyl sites for hydroxylation is 1. The summed E-state index contributed by atoms with van der Waals surface area (Å²) in [7, 11) is -1.74. The normalized spacial score (nSPS) is 16.9. The summed E-state index contributed by atoms with van der Waals surface area (Å²) in [6, 6.07) is 17.0. The molecule has 1 N–H and O–H groups in total. The molecule has 0 bridgehead atoms. The first kappa shape index (κ1) is 21.8. The smallest absolute Gasteiger partial charge is 0.107 e. The summed E-state index contributed by atoms with van der Waals surface area (Å²) in [6.45, 7) is 15.2. The monoisotopic (exact) mass is 442 g/mol. The average molecular weight is 443 g/mol. The van der Waals surface area contributed by atoms with E-state index in [-0.39, 0.29) is 0 Å². The van der Waals surface area contributed by atoms with E-state index in [2.05, 4.69) is 94.6 Å². The van der Waals surface area contributed by atoms with Crippen LogP contribution in [0, 0.1) is 0 Å². The van der Waals surface area contributed by atoms with E-state index in [1.807, 2.05) is 11.8 Å². The number of hydrogen-bond acceptors (Lipinski definition) is 4. The summed E-state index contributed by atoms with van der Waals surface area (Å²) < 4.78 is 2.40. The van der Waals surface area contributed by atoms with Crippen molar-refractivity contribution in [1.29, 1.82) is 0 Å². The largest absolute Gasteiger partial charge is 0.344 e. The van der Waals surface area contributed by atoms with E-state index in [9.17, 15) is 0 Å². The molecule has 0 saturated heterocycles. The Balaban J connectivity index is 1.73. The number of nitrogens with one attached hydrogen (secondary N) is 1. The number of fused-ring (bicyclic) bond motifs is 1. The van der Waals surface area contributed by atoms with Gasteiger partial charge >= 0.3 is 0 Å². The molecule has 0 spiro atoms. The van der Waals surface area contributed by atoms with Crippen LogP contribution in [0.4, 0.5) is 11.4 Å². The van der Waals surface area contributed by atoms with Crippen LogP contribution in [0.15, 0.2) is 107 Å². The van der Waals surface area contributed by atoms with Crippen LogP contribution >= 0.6 is 9.39 Å². The van der Waals surface area contributed by atoms with Crippen LogP contribution in [0.5, 0.6) is 0 Å². The summed E-state index contributed by atoms with van der Waals surface area (Å²) in [5.41, 5.74) is 6.01. The SMILES string of the molecule is C=CC=NC1=C(C)NC(=C)N(c2cccc(S(=C)(=C)N3CCCc4ccccc43)c2)C1=C. The lowest BCUT2D eigenvalue weighted by molar-refractivity contribution is 0.794. The number of aliphatic imine (C=N–C) groups is 1. The molecule has 0 amide bonds. The van der Waals surface area contributed by atoms with Crippen molar-refractivity contribution < 1.29 is 0 Å². The number of nitrogens with zero attached hydrogens (tertiary/aromatic N) is 3. The number of allylic oxidation sites excluding steroid dienone is 2. The molecule has 2 aliphatic rings. The van der Waals surface area contributed by atoms with Crippen molar-refractivity contribution in [3.8, 4) is 0 Å². The fraction of sp³-hybridized carbons (Fsp3) is 0.148. The molecule has 4 rings (SSSR count). The standard InChI is InChI=1S/C27H30N4S/c1-7-17-28-27-20(2)29-22(4)31(21(27)3)24-14-10-15-25(19-24)32(5,6)30-18-11-13-23-12-8-9-16-26(23)30/h7-10,12,14-17,19,29H,1,3-6,11,13,18H2,2H3. The molecule has 0 aliphatic carbocycles. The molecule has 0 fully saturated rings. The zero-order valence-corrected chi connectivity index (χ0v) is 19.5. The van der Waals surface area contributed by atoms with Crippen LogP contribution < -0.4 is 14.5 Å². The minimum absolute atomic E-state index is 0.735. The number of benzene rings is 2. The highest BCUT2D eigenvalue weighted by molar-refractivity contribution is 8.28. The van der Waals surface area contributed by atoms with Gasteiger partial charge in [0.15, 0.2) is 0 Å². The van der Waals surface area contributed by atoms with Crippen LogP contribution in [0.1, 0.15) is 18.9 Å². The van der Waals surface area contributed by atoms with Gasteiger partial charge in [0.25, 0.3) is 0 Å². The van der Waals surface area contributed by atoms with Gasteiger partial charge in [0.1, 0.15) is 11.5 Å². The zero-order valence-electron chi connectivity index (χ0n) is 18.7. The molecule has 0 saturated carbocycles. The van der Waals surface area contributed by atoms with E-state index in [1.165, 1.54) is 11.3 Å². The molecule has 2 aliphatic heterocycles. The van der Waals surface area contributed by atoms with Gasteiger partial charge < -0.3 is 9.62 Å². The van der Waals surface area contributed by atoms with E-state index in [1.54, 1.807) is 12.3 Å². The average Bonchev–Trinajstić information content (AvgIpc) is 2.78. The Bertz CT molecular complexity index is 1260. The summed E-state index contributed by atoms with van der Waals surface area (Å²) in [6.07, 6.45) is 5.53. The lowest BCUT2D eigenvalue weighted by Gasteiger charge is -2.38. The summed E-state index contributed by atoms with van der Waals surface area (Å²) >= 11 is 0. The fourth-order valence-electron chi connectivity index (χ4n) is 4.28. The second-order valence-corrected chi connectivity index (χ2v) is 10.6. The quantitative estimate of drug-likeness (QED) is 0.457. The van der Waals surface area contributed by atoms with E-state index >= 15 is 0 Å². The lowest BCUT2D eigenvalue weighted by atomic mass is 10.0. The van der Waals surface area contributed by atoms with Crippen molar-refractivity contribution in [3.05, 3.63) is 103 Å². The van der Waals surface area contributed by atoms with Gasteiger partial charge in [-0.05, 0) is 49.6 Å². The first-order chi connectivity index (χ1) is 15.3. The lowest BCUT2D eigenvalue weighted by Crippen LogP contribution is -2.35. The molecule has 5 heteroatoms. The first-order valence-electron chi connectivity index (χ1n) is 10.6. The molecule has 0 aromatic heterocycles. The third-order valence-electron chi connectivity index (χ3n) is 5.81. The van der Waals surface area contributed by atoms with Gasteiger partial charge in [-0.15, -0.1) is 9.39 Å². The van der Waals surface area contributed by atoms with Gasteiger partial charge in [-0.3, -0.25) is 9.89 Å². The Morgan fingerprint density at radius 2 is 1.88 bits per heavy atom. The summed E-state index contributed by atoms with van der Waals surface area (Å²) in [5, 5.41) is 3.32. The van der Waals surface area contributed by atoms with E-state index in [0.717, 1.165) is 52.9 Å². The van der Waals surface area contributed by atoms with Crippen molar-refractivity contribution in [3.63, 3.8) is 0 Å². The molecule has 4 nitrogen and oxygen atoms in total. The molecular formula is C27H30N4S. The van der Waals surface area contributed by atoms with Crippen molar-refractivity contribution >= 4 is 38.7 Å². The Hall–Kier alpha value is -3.44. The molecule has 164 valence electrons. The third-order valence-corrected chi connectivity index (χ3v) is 8.17. The molecule has 0 unspecified atom stereocenters. The Kier molecular flexibility index (Phi) is 5.85. The Morgan fingerprint density at radius 3 is 2.66 bits per heavy atom. The van der Waals surface area contributed by atoms with Crippen molar-refractivity contribution in [2.24, 2.45) is 4.99 Å². The molecule has 32 heavy (non-hydrogen) atoms. The van der Waals surface area contributed by atoms with Crippen LogP contribution in [0.3, 0.4) is 0 Å². The predicted octanol–water partition coefficient (Wildman–Crippen LogP) is 5.96. The van der Waals surface area contributed by atoms with Crippen molar-refractivity contribution in [2.45, 2.75) is 24.7 Å². The number of anilines is 2. The van der Waals surface area contributed by atoms with Gasteiger partial charge in [0.2, 0.25) is 0 Å². The molecule has 0 radical (unpaired) electrons. The summed E-state index contributed by atoms with van der Waals surface area (Å²) in [5.74, 6) is 10.00. The third kappa shape index (κ3) is 3.80. The number of hydrogen-bond donors (Lipinski definition) is 1. The highest BCUT2D eigenvalue weighted by Gasteiger charge is 2.26. The van der Waals surface area contributed by atoms with E-state index in [4.69, 9.17) is 0 Å². The minimum Gasteiger partial charge on any atom is -0.344 e. The molecular weight excluding hydrogens is 412 g/mol. The van der Waals surface area contributed by atoms with Crippen LogP contribution in [0.25, 0.3) is 0 Å². The van der Waals surface area contributed by atoms with Gasteiger partial charge in [-0.2, -0.15) is 0 Å². The highest BCUT2D eigenvalue weighted by atomic mass is 32.2. The van der Waals surface area contributed by atoms with Crippen LogP contribution in [0.2, 0.25) is 0 Å². The molecule has 2 aromatic rings. The predicted molar refractivity (Wildman–Crippen MR) is 144 cm³/mol. The zero-order chi connectivity index (χ0) is 22.9. The second kappa shape index (κ2) is 8.60. The van der Waals surface area contributed by atoms with Gasteiger partial charge in [0.05, 0.1) is 5.70 Å². The number of rotatable bonds is 5. The molecule has 0 atom stereocenters. The van der Waals surface area contributed by atoms with Crippen molar-refractivity contribution in [2.75, 3.05) is 15.7 Å². The number of para-hydroxylation sites is 1. The topological polar surface area (TPSA) is 30.9 Å². The van der Waals surface area contributed by atoms with Crippen LogP contribution in [-0.2, 0) is 6.42 Å². The van der Waals surface area contributed by atoms with E-state index in [0.29, 0.717) is 0 Å². The summed E-state index contributed by atoms with van der Waals surface area (Å²) in [4.78, 5) is 7.61. The van der Waals surface area contributed by atoms with Crippen molar-refractivity contribution in [1.82, 2.24) is 5.32 Å². The maximum atomic E-state index is 4.63. The maximum Gasteiger partial charge on any atom is 0.107 e. The maximum absolute atomic E-state index is 4.63. The Morgan fingerprint density at radius 1 is 1.09 bits per heavy atom. The van der Waals surface area contributed by atoms with Gasteiger partial charge in [-0.25, -0.2) is 0 Å². The highest BCUT2D eigenvalue weighted by Crippen LogP contribution is 2.45. The second-order valence-electron chi connectivity index (χ2n) is 8.02. The van der Waals surface area contributed by atoms with E-state index < -0.39 is 9.39 Å². The van der Waals surface area contributed by atoms with Gasteiger partial charge in [0, 0.05) is 34.7 Å². The fourth-order valence-corrected chi connectivity index (χ4v) is 6.24. The Labute approximate surface area is 192 Å². The minimum atomic E-state index is -1.74. The van der Waals surface area contributed by atoms with Crippen LogP contribution in [-0.4, -0.2) is 24.5 Å². The molecule has 2 aromatic carbocycles.